The van der Waals surface area contributed by atoms with Crippen molar-refractivity contribution in [1.82, 2.24) is 0 Å². The summed E-state index contributed by atoms with van der Waals surface area (Å²) in [7, 11) is 2.97. The Morgan fingerprint density at radius 1 is 1.00 bits per heavy atom. The van der Waals surface area contributed by atoms with Crippen LogP contribution >= 0.6 is 0 Å². The Hall–Kier alpha value is -2.90. The number of methoxy groups -OCH3 is 2. The zero-order valence-electron chi connectivity index (χ0n) is 13.8. The standard InChI is InChI=1S/C17H17F3N2O3/c1-9(21-10-4-7-13(24-2)14(8-10)25-3)17(23)22-12-6-5-11(18)15(19)16(12)20/h4-9,21H,1-3H3,(H,22,23)/t9-/m0/s1. The van der Waals surface area contributed by atoms with Crippen LogP contribution in [-0.4, -0.2) is 26.2 Å². The fourth-order valence-corrected chi connectivity index (χ4v) is 2.10. The van der Waals surface area contributed by atoms with Gasteiger partial charge in [0.25, 0.3) is 0 Å². The molecule has 0 heterocycles. The maximum absolute atomic E-state index is 13.6. The first-order chi connectivity index (χ1) is 11.9. The van der Waals surface area contributed by atoms with Gasteiger partial charge in [-0.2, -0.15) is 0 Å². The minimum atomic E-state index is -1.64. The zero-order chi connectivity index (χ0) is 18.6. The highest BCUT2D eigenvalue weighted by atomic mass is 19.2. The maximum Gasteiger partial charge on any atom is 0.246 e. The van der Waals surface area contributed by atoms with Gasteiger partial charge in [-0.1, -0.05) is 0 Å². The van der Waals surface area contributed by atoms with Gasteiger partial charge in [0.15, 0.2) is 29.0 Å². The first-order valence-corrected chi connectivity index (χ1v) is 7.30. The number of carbonyl (C=O) groups is 1. The van der Waals surface area contributed by atoms with Crippen molar-refractivity contribution in [2.75, 3.05) is 24.9 Å². The summed E-state index contributed by atoms with van der Waals surface area (Å²) < 4.78 is 50.0. The van der Waals surface area contributed by atoms with Crippen LogP contribution < -0.4 is 20.1 Å². The molecule has 2 aromatic carbocycles. The average Bonchev–Trinajstić information content (AvgIpc) is 2.61. The number of halogens is 3. The van der Waals surface area contributed by atoms with E-state index in [1.807, 2.05) is 0 Å². The molecular formula is C17H17F3N2O3. The summed E-state index contributed by atoms with van der Waals surface area (Å²) in [4.78, 5) is 12.1. The van der Waals surface area contributed by atoms with Crippen LogP contribution in [0.1, 0.15) is 6.92 Å². The van der Waals surface area contributed by atoms with E-state index in [-0.39, 0.29) is 0 Å². The van der Waals surface area contributed by atoms with Crippen LogP contribution in [0.2, 0.25) is 0 Å². The van der Waals surface area contributed by atoms with E-state index in [9.17, 15) is 18.0 Å². The van der Waals surface area contributed by atoms with E-state index >= 15 is 0 Å². The van der Waals surface area contributed by atoms with Gasteiger partial charge in [-0.05, 0) is 31.2 Å². The van der Waals surface area contributed by atoms with Gasteiger partial charge in [-0.15, -0.1) is 0 Å². The molecule has 0 saturated carbocycles. The molecule has 25 heavy (non-hydrogen) atoms. The quantitative estimate of drug-likeness (QED) is 0.779. The van der Waals surface area contributed by atoms with Crippen LogP contribution in [0.3, 0.4) is 0 Å². The van der Waals surface area contributed by atoms with Gasteiger partial charge in [0.1, 0.15) is 6.04 Å². The molecule has 0 saturated heterocycles. The molecule has 0 aromatic heterocycles. The third-order valence-corrected chi connectivity index (χ3v) is 3.45. The number of amides is 1. The lowest BCUT2D eigenvalue weighted by atomic mass is 10.2. The topological polar surface area (TPSA) is 59.6 Å². The van der Waals surface area contributed by atoms with Crippen molar-refractivity contribution >= 4 is 17.3 Å². The van der Waals surface area contributed by atoms with Crippen LogP contribution in [0.4, 0.5) is 24.5 Å². The van der Waals surface area contributed by atoms with E-state index < -0.39 is 35.1 Å². The molecule has 0 bridgehead atoms. The summed E-state index contributed by atoms with van der Waals surface area (Å²) in [6.07, 6.45) is 0. The molecule has 5 nitrogen and oxygen atoms in total. The van der Waals surface area contributed by atoms with Gasteiger partial charge in [0.2, 0.25) is 5.91 Å². The van der Waals surface area contributed by atoms with Crippen molar-refractivity contribution in [3.8, 4) is 11.5 Å². The molecule has 0 unspecified atom stereocenters. The third-order valence-electron chi connectivity index (χ3n) is 3.45. The Morgan fingerprint density at radius 2 is 1.68 bits per heavy atom. The normalized spacial score (nSPS) is 11.6. The lowest BCUT2D eigenvalue weighted by molar-refractivity contribution is -0.116. The van der Waals surface area contributed by atoms with Crippen molar-refractivity contribution in [2.24, 2.45) is 0 Å². The lowest BCUT2D eigenvalue weighted by Crippen LogP contribution is -2.32. The number of hydrogen-bond acceptors (Lipinski definition) is 4. The van der Waals surface area contributed by atoms with Crippen LogP contribution in [-0.2, 0) is 4.79 Å². The second-order valence-electron chi connectivity index (χ2n) is 5.15. The monoisotopic (exact) mass is 354 g/mol. The van der Waals surface area contributed by atoms with Crippen molar-refractivity contribution < 1.29 is 27.4 Å². The number of benzene rings is 2. The molecule has 0 aliphatic rings. The highest BCUT2D eigenvalue weighted by Crippen LogP contribution is 2.30. The molecule has 134 valence electrons. The van der Waals surface area contributed by atoms with Gasteiger partial charge < -0.3 is 20.1 Å². The fourth-order valence-electron chi connectivity index (χ4n) is 2.10. The lowest BCUT2D eigenvalue weighted by Gasteiger charge is -2.17. The third kappa shape index (κ3) is 4.14. The minimum absolute atomic E-state index is 0.440. The molecule has 0 aliphatic heterocycles. The van der Waals surface area contributed by atoms with E-state index in [1.54, 1.807) is 18.2 Å². The number of anilines is 2. The number of ether oxygens (including phenoxy) is 2. The summed E-state index contributed by atoms with van der Waals surface area (Å²) in [5.74, 6) is -4.06. The first-order valence-electron chi connectivity index (χ1n) is 7.30. The largest absolute Gasteiger partial charge is 0.493 e. The highest BCUT2D eigenvalue weighted by Gasteiger charge is 2.19. The molecule has 0 spiro atoms. The fraction of sp³-hybridized carbons (Fsp3) is 0.235. The molecule has 2 aromatic rings. The number of hydrogen-bond donors (Lipinski definition) is 2. The van der Waals surface area contributed by atoms with Gasteiger partial charge in [0.05, 0.1) is 19.9 Å². The molecule has 1 atom stereocenters. The highest BCUT2D eigenvalue weighted by molar-refractivity contribution is 5.96. The molecule has 2 N–H and O–H groups in total. The van der Waals surface area contributed by atoms with Crippen molar-refractivity contribution in [3.05, 3.63) is 47.8 Å². The van der Waals surface area contributed by atoms with Gasteiger partial charge in [0, 0.05) is 11.8 Å². The smallest absolute Gasteiger partial charge is 0.246 e. The van der Waals surface area contributed by atoms with E-state index in [1.165, 1.54) is 21.1 Å². The molecular weight excluding hydrogens is 337 g/mol. The molecule has 0 aliphatic carbocycles. The zero-order valence-corrected chi connectivity index (χ0v) is 13.8. The molecule has 2 rings (SSSR count). The molecule has 0 radical (unpaired) electrons. The van der Waals surface area contributed by atoms with E-state index in [4.69, 9.17) is 9.47 Å². The summed E-state index contributed by atoms with van der Waals surface area (Å²) >= 11 is 0. The minimum Gasteiger partial charge on any atom is -0.493 e. The molecule has 8 heteroatoms. The van der Waals surface area contributed by atoms with Crippen molar-refractivity contribution in [3.63, 3.8) is 0 Å². The van der Waals surface area contributed by atoms with Crippen LogP contribution in [0, 0.1) is 17.5 Å². The SMILES string of the molecule is COc1ccc(N[C@@H](C)C(=O)Nc2ccc(F)c(F)c2F)cc1OC. The van der Waals surface area contributed by atoms with Crippen molar-refractivity contribution in [1.29, 1.82) is 0 Å². The second-order valence-corrected chi connectivity index (χ2v) is 5.15. The first kappa shape index (κ1) is 18.4. The number of nitrogens with one attached hydrogen (secondary N) is 2. The predicted octanol–water partition coefficient (Wildman–Crippen LogP) is 3.56. The van der Waals surface area contributed by atoms with E-state index in [0.717, 1.165) is 12.1 Å². The summed E-state index contributed by atoms with van der Waals surface area (Å²) in [6.45, 7) is 1.53. The van der Waals surface area contributed by atoms with Crippen LogP contribution in [0.15, 0.2) is 30.3 Å². The summed E-state index contributed by atoms with van der Waals surface area (Å²) in [6, 6.07) is 5.85. The van der Waals surface area contributed by atoms with Gasteiger partial charge in [-0.25, -0.2) is 13.2 Å². The number of rotatable bonds is 6. The second kappa shape index (κ2) is 7.78. The summed E-state index contributed by atoms with van der Waals surface area (Å²) in [5, 5.41) is 5.11. The van der Waals surface area contributed by atoms with Gasteiger partial charge in [-0.3, -0.25) is 4.79 Å². The Labute approximate surface area is 142 Å². The average molecular weight is 354 g/mol. The number of carbonyl (C=O) groups excluding carboxylic acids is 1. The van der Waals surface area contributed by atoms with Crippen LogP contribution in [0.5, 0.6) is 11.5 Å². The van der Waals surface area contributed by atoms with E-state index in [2.05, 4.69) is 10.6 Å². The van der Waals surface area contributed by atoms with Crippen LogP contribution in [0.25, 0.3) is 0 Å². The predicted molar refractivity (Wildman–Crippen MR) is 87.6 cm³/mol. The Morgan fingerprint density at radius 3 is 2.32 bits per heavy atom. The summed E-state index contributed by atoms with van der Waals surface area (Å²) in [5.41, 5.74) is 0.121. The Bertz CT molecular complexity index is 784. The Balaban J connectivity index is 2.09. The van der Waals surface area contributed by atoms with Gasteiger partial charge >= 0.3 is 0 Å². The van der Waals surface area contributed by atoms with Crippen molar-refractivity contribution in [2.45, 2.75) is 13.0 Å². The Kier molecular flexibility index (Phi) is 5.74. The van der Waals surface area contributed by atoms with E-state index in [0.29, 0.717) is 17.2 Å². The maximum atomic E-state index is 13.6. The molecule has 0 fully saturated rings. The molecule has 1 amide bonds.